The summed E-state index contributed by atoms with van der Waals surface area (Å²) in [7, 11) is 0. The highest BCUT2D eigenvalue weighted by Gasteiger charge is 2.00. The molecule has 14 heavy (non-hydrogen) atoms. The summed E-state index contributed by atoms with van der Waals surface area (Å²) in [5.74, 6) is 0. The van der Waals surface area contributed by atoms with Gasteiger partial charge in [-0.15, -0.1) is 0 Å². The number of hydrogen-bond donors (Lipinski definition) is 1. The maximum atomic E-state index is 8.64. The first-order chi connectivity index (χ1) is 6.88. The van der Waals surface area contributed by atoms with E-state index in [0.717, 1.165) is 10.1 Å². The maximum Gasteiger partial charge on any atom is 0.170 e. The fourth-order valence-corrected chi connectivity index (χ4v) is 1.72. The van der Waals surface area contributed by atoms with Crippen LogP contribution in [-0.2, 0) is 0 Å². The Bertz CT molecular complexity index is 458. The van der Waals surface area contributed by atoms with Gasteiger partial charge in [0.25, 0.3) is 0 Å². The zero-order valence-electron chi connectivity index (χ0n) is 7.14. The van der Waals surface area contributed by atoms with Gasteiger partial charge in [0.2, 0.25) is 0 Å². The van der Waals surface area contributed by atoms with Crippen LogP contribution in [0.1, 0.15) is 5.69 Å². The van der Waals surface area contributed by atoms with Crippen molar-refractivity contribution in [2.75, 3.05) is 0 Å². The van der Waals surface area contributed by atoms with Gasteiger partial charge in [-0.2, -0.15) is 5.26 Å². The van der Waals surface area contributed by atoms with Gasteiger partial charge in [-0.1, -0.05) is 11.8 Å². The van der Waals surface area contributed by atoms with E-state index in [2.05, 4.69) is 15.0 Å². The maximum absolute atomic E-state index is 8.64. The first kappa shape index (κ1) is 8.78. The summed E-state index contributed by atoms with van der Waals surface area (Å²) in [6.07, 6.45) is 5.06. The SMILES string of the molecule is N#Cc1cc(Sc2ncc[nH]2)ccn1. The highest BCUT2D eigenvalue weighted by molar-refractivity contribution is 7.99. The molecular weight excluding hydrogens is 196 g/mol. The summed E-state index contributed by atoms with van der Waals surface area (Å²) >= 11 is 1.47. The molecule has 0 aliphatic rings. The Kier molecular flexibility index (Phi) is 2.47. The smallest absolute Gasteiger partial charge is 0.170 e. The first-order valence-electron chi connectivity index (χ1n) is 3.92. The van der Waals surface area contributed by atoms with Crippen molar-refractivity contribution in [3.63, 3.8) is 0 Å². The van der Waals surface area contributed by atoms with Gasteiger partial charge < -0.3 is 4.98 Å². The molecule has 0 aliphatic carbocycles. The van der Waals surface area contributed by atoms with Crippen molar-refractivity contribution in [3.05, 3.63) is 36.4 Å². The zero-order valence-corrected chi connectivity index (χ0v) is 7.95. The third kappa shape index (κ3) is 1.92. The van der Waals surface area contributed by atoms with Crippen molar-refractivity contribution in [1.29, 1.82) is 5.26 Å². The van der Waals surface area contributed by atoms with E-state index in [-0.39, 0.29) is 0 Å². The topological polar surface area (TPSA) is 65.4 Å². The van der Waals surface area contributed by atoms with Crippen LogP contribution in [0.2, 0.25) is 0 Å². The predicted octanol–water partition coefficient (Wildman–Crippen LogP) is 1.83. The van der Waals surface area contributed by atoms with Gasteiger partial charge in [0.1, 0.15) is 11.8 Å². The van der Waals surface area contributed by atoms with Crippen LogP contribution in [0.15, 0.2) is 40.8 Å². The molecule has 4 nitrogen and oxygen atoms in total. The molecule has 0 saturated heterocycles. The quantitative estimate of drug-likeness (QED) is 0.806. The highest BCUT2D eigenvalue weighted by Crippen LogP contribution is 2.23. The normalized spacial score (nSPS) is 9.64. The zero-order chi connectivity index (χ0) is 9.80. The lowest BCUT2D eigenvalue weighted by atomic mass is 10.4. The summed E-state index contributed by atoms with van der Waals surface area (Å²) in [6.45, 7) is 0. The van der Waals surface area contributed by atoms with Gasteiger partial charge in [0.15, 0.2) is 5.16 Å². The van der Waals surface area contributed by atoms with Crippen molar-refractivity contribution in [3.8, 4) is 6.07 Å². The van der Waals surface area contributed by atoms with E-state index in [1.54, 1.807) is 24.7 Å². The number of imidazole rings is 1. The Labute approximate surface area is 85.0 Å². The summed E-state index contributed by atoms with van der Waals surface area (Å²) in [5, 5.41) is 9.45. The van der Waals surface area contributed by atoms with Crippen LogP contribution in [0.5, 0.6) is 0 Å². The second kappa shape index (κ2) is 3.94. The Balaban J connectivity index is 2.22. The molecule has 0 unspecified atom stereocenters. The second-order valence-corrected chi connectivity index (χ2v) is 3.55. The molecule has 0 aromatic carbocycles. The largest absolute Gasteiger partial charge is 0.339 e. The summed E-state index contributed by atoms with van der Waals surface area (Å²) in [4.78, 5) is 11.9. The standard InChI is InChI=1S/C9H6N4S/c10-6-7-5-8(1-2-11-7)14-9-12-3-4-13-9/h1-5H,(H,12,13). The summed E-state index contributed by atoms with van der Waals surface area (Å²) in [6, 6.07) is 5.56. The average Bonchev–Trinajstić information content (AvgIpc) is 2.71. The molecule has 0 spiro atoms. The fraction of sp³-hybridized carbons (Fsp3) is 0. The van der Waals surface area contributed by atoms with Crippen LogP contribution < -0.4 is 0 Å². The average molecular weight is 202 g/mol. The van der Waals surface area contributed by atoms with Crippen molar-refractivity contribution in [1.82, 2.24) is 15.0 Å². The second-order valence-electron chi connectivity index (χ2n) is 2.48. The van der Waals surface area contributed by atoms with Crippen molar-refractivity contribution in [2.24, 2.45) is 0 Å². The van der Waals surface area contributed by atoms with Gasteiger partial charge in [-0.3, -0.25) is 0 Å². The third-order valence-corrected chi connectivity index (χ3v) is 2.44. The lowest BCUT2D eigenvalue weighted by Gasteiger charge is -1.96. The monoisotopic (exact) mass is 202 g/mol. The minimum absolute atomic E-state index is 0.418. The molecule has 0 radical (unpaired) electrons. The van der Waals surface area contributed by atoms with Crippen LogP contribution in [0.4, 0.5) is 0 Å². The Morgan fingerprint density at radius 1 is 1.36 bits per heavy atom. The molecule has 0 bridgehead atoms. The molecule has 2 aromatic rings. The minimum atomic E-state index is 0.418. The fourth-order valence-electron chi connectivity index (χ4n) is 0.954. The number of nitriles is 1. The molecule has 2 rings (SSSR count). The number of H-pyrrole nitrogens is 1. The van der Waals surface area contributed by atoms with Gasteiger partial charge in [-0.05, 0) is 12.1 Å². The van der Waals surface area contributed by atoms with Crippen LogP contribution >= 0.6 is 11.8 Å². The lowest BCUT2D eigenvalue weighted by Crippen LogP contribution is -1.82. The van der Waals surface area contributed by atoms with E-state index in [1.807, 2.05) is 12.1 Å². The Hall–Kier alpha value is -1.80. The van der Waals surface area contributed by atoms with Gasteiger partial charge >= 0.3 is 0 Å². The molecule has 2 heterocycles. The van der Waals surface area contributed by atoms with Crippen LogP contribution in [0.3, 0.4) is 0 Å². The van der Waals surface area contributed by atoms with Gasteiger partial charge in [0.05, 0.1) is 0 Å². The number of hydrogen-bond acceptors (Lipinski definition) is 4. The molecule has 2 aromatic heterocycles. The van der Waals surface area contributed by atoms with E-state index >= 15 is 0 Å². The number of rotatable bonds is 2. The molecule has 0 atom stereocenters. The number of aromatic amines is 1. The van der Waals surface area contributed by atoms with E-state index < -0.39 is 0 Å². The molecule has 0 aliphatic heterocycles. The number of nitrogens with one attached hydrogen (secondary N) is 1. The summed E-state index contributed by atoms with van der Waals surface area (Å²) < 4.78 is 0. The van der Waals surface area contributed by atoms with E-state index in [0.29, 0.717) is 5.69 Å². The molecule has 1 N–H and O–H groups in total. The number of pyridine rings is 1. The van der Waals surface area contributed by atoms with Crippen LogP contribution in [-0.4, -0.2) is 15.0 Å². The number of aromatic nitrogens is 3. The van der Waals surface area contributed by atoms with E-state index in [4.69, 9.17) is 5.26 Å². The predicted molar refractivity (Wildman–Crippen MR) is 51.7 cm³/mol. The van der Waals surface area contributed by atoms with Crippen LogP contribution in [0.25, 0.3) is 0 Å². The molecule has 68 valence electrons. The number of nitrogens with zero attached hydrogens (tertiary/aromatic N) is 3. The lowest BCUT2D eigenvalue weighted by molar-refractivity contribution is 1.06. The van der Waals surface area contributed by atoms with Crippen molar-refractivity contribution < 1.29 is 0 Å². The Morgan fingerprint density at radius 3 is 3.00 bits per heavy atom. The van der Waals surface area contributed by atoms with Gasteiger partial charge in [0, 0.05) is 23.5 Å². The van der Waals surface area contributed by atoms with Crippen LogP contribution in [0, 0.1) is 11.3 Å². The molecular formula is C9H6N4S. The van der Waals surface area contributed by atoms with Crippen molar-refractivity contribution >= 4 is 11.8 Å². The first-order valence-corrected chi connectivity index (χ1v) is 4.73. The molecule has 0 fully saturated rings. The van der Waals surface area contributed by atoms with E-state index in [1.165, 1.54) is 11.8 Å². The molecule has 0 amide bonds. The Morgan fingerprint density at radius 2 is 2.29 bits per heavy atom. The van der Waals surface area contributed by atoms with Crippen molar-refractivity contribution in [2.45, 2.75) is 10.1 Å². The molecule has 0 saturated carbocycles. The third-order valence-electron chi connectivity index (χ3n) is 1.53. The molecule has 5 heteroatoms. The summed E-state index contributed by atoms with van der Waals surface area (Å²) in [5.41, 5.74) is 0.418. The van der Waals surface area contributed by atoms with Gasteiger partial charge in [-0.25, -0.2) is 9.97 Å². The van der Waals surface area contributed by atoms with E-state index in [9.17, 15) is 0 Å². The minimum Gasteiger partial charge on any atom is -0.339 e. The highest BCUT2D eigenvalue weighted by atomic mass is 32.2.